The molecule has 0 heterocycles. The summed E-state index contributed by atoms with van der Waals surface area (Å²) in [6.45, 7) is 2.10. The molecule has 1 saturated carbocycles. The standard InChI is InChI=1S/C18H20O/c1-13-17(14-9-5-4-6-10-14)15-11-7-2-3-8-12-16(15)18(13)19/h2-6,9-10,12-13,15,17H,7-8,11H2,1H3/b3-2-,16-12+/t13-,15?,17+/m1/s1. The molecule has 98 valence electrons. The zero-order valence-electron chi connectivity index (χ0n) is 11.4. The minimum atomic E-state index is 0.122. The van der Waals surface area contributed by atoms with Crippen LogP contribution in [0.4, 0.5) is 0 Å². The highest BCUT2D eigenvalue weighted by Crippen LogP contribution is 2.47. The van der Waals surface area contributed by atoms with Crippen LogP contribution >= 0.6 is 0 Å². The van der Waals surface area contributed by atoms with Crippen molar-refractivity contribution >= 4 is 5.78 Å². The summed E-state index contributed by atoms with van der Waals surface area (Å²) in [6, 6.07) is 10.6. The van der Waals surface area contributed by atoms with Crippen LogP contribution in [0.1, 0.15) is 37.7 Å². The van der Waals surface area contributed by atoms with Gasteiger partial charge < -0.3 is 0 Å². The van der Waals surface area contributed by atoms with Crippen LogP contribution in [0, 0.1) is 11.8 Å². The Morgan fingerprint density at radius 3 is 2.68 bits per heavy atom. The minimum Gasteiger partial charge on any atom is -0.294 e. The predicted molar refractivity (Wildman–Crippen MR) is 77.9 cm³/mol. The van der Waals surface area contributed by atoms with E-state index in [1.165, 1.54) is 5.56 Å². The van der Waals surface area contributed by atoms with Gasteiger partial charge in [0.05, 0.1) is 0 Å². The van der Waals surface area contributed by atoms with Crippen LogP contribution in [0.2, 0.25) is 0 Å². The van der Waals surface area contributed by atoms with Gasteiger partial charge >= 0.3 is 0 Å². The quantitative estimate of drug-likeness (QED) is 0.682. The maximum absolute atomic E-state index is 12.5. The third-order valence-corrected chi connectivity index (χ3v) is 4.54. The SMILES string of the molecule is C[C@H]1C(=O)/C2=C/C/C=C\CCC2[C@@H]1c1ccccc1. The van der Waals surface area contributed by atoms with Crippen molar-refractivity contribution in [3.63, 3.8) is 0 Å². The minimum absolute atomic E-state index is 0.122. The molecular weight excluding hydrogens is 232 g/mol. The number of allylic oxidation sites excluding steroid dienone is 4. The molecule has 1 heteroatoms. The van der Waals surface area contributed by atoms with Gasteiger partial charge in [-0.25, -0.2) is 0 Å². The number of fused-ring (bicyclic) bond motifs is 1. The molecule has 2 aliphatic carbocycles. The van der Waals surface area contributed by atoms with Gasteiger partial charge in [-0.2, -0.15) is 0 Å². The van der Waals surface area contributed by atoms with Crippen molar-refractivity contribution in [3.8, 4) is 0 Å². The van der Waals surface area contributed by atoms with Crippen molar-refractivity contribution in [2.45, 2.75) is 32.1 Å². The monoisotopic (exact) mass is 252 g/mol. The zero-order chi connectivity index (χ0) is 13.2. The average molecular weight is 252 g/mol. The van der Waals surface area contributed by atoms with E-state index in [9.17, 15) is 4.79 Å². The highest BCUT2D eigenvalue weighted by Gasteiger charge is 2.43. The lowest BCUT2D eigenvalue weighted by atomic mass is 9.80. The molecule has 1 unspecified atom stereocenters. The normalized spacial score (nSPS) is 34.9. The molecule has 0 bridgehead atoms. The van der Waals surface area contributed by atoms with Gasteiger partial charge in [-0.15, -0.1) is 0 Å². The van der Waals surface area contributed by atoms with Gasteiger partial charge in [0.25, 0.3) is 0 Å². The van der Waals surface area contributed by atoms with Crippen LogP contribution in [0.5, 0.6) is 0 Å². The fourth-order valence-corrected chi connectivity index (χ4v) is 3.62. The molecule has 3 atom stereocenters. The summed E-state index contributed by atoms with van der Waals surface area (Å²) in [5.41, 5.74) is 2.41. The third-order valence-electron chi connectivity index (χ3n) is 4.54. The Kier molecular flexibility index (Phi) is 3.37. The first-order valence-electron chi connectivity index (χ1n) is 7.23. The van der Waals surface area contributed by atoms with Crippen LogP contribution in [-0.4, -0.2) is 5.78 Å². The Hall–Kier alpha value is -1.63. The van der Waals surface area contributed by atoms with E-state index < -0.39 is 0 Å². The lowest BCUT2D eigenvalue weighted by molar-refractivity contribution is -0.117. The van der Waals surface area contributed by atoms with Crippen molar-refractivity contribution in [1.82, 2.24) is 0 Å². The van der Waals surface area contributed by atoms with Crippen LogP contribution in [0.25, 0.3) is 0 Å². The summed E-state index contributed by atoms with van der Waals surface area (Å²) in [6.07, 6.45) is 9.68. The van der Waals surface area contributed by atoms with Crippen molar-refractivity contribution in [2.24, 2.45) is 11.8 Å². The fraction of sp³-hybridized carbons (Fsp3) is 0.389. The molecule has 0 aliphatic heterocycles. The van der Waals surface area contributed by atoms with Crippen molar-refractivity contribution < 1.29 is 4.79 Å². The summed E-state index contributed by atoms with van der Waals surface area (Å²) in [7, 11) is 0. The Bertz CT molecular complexity index is 524. The molecule has 1 aromatic rings. The van der Waals surface area contributed by atoms with E-state index in [4.69, 9.17) is 0 Å². The topological polar surface area (TPSA) is 17.1 Å². The Morgan fingerprint density at radius 2 is 1.89 bits per heavy atom. The zero-order valence-corrected chi connectivity index (χ0v) is 11.4. The Morgan fingerprint density at radius 1 is 1.11 bits per heavy atom. The summed E-state index contributed by atoms with van der Waals surface area (Å²) >= 11 is 0. The van der Waals surface area contributed by atoms with E-state index in [1.807, 2.05) is 6.07 Å². The number of hydrogen-bond donors (Lipinski definition) is 0. The lowest BCUT2D eigenvalue weighted by Crippen LogP contribution is -2.13. The number of benzene rings is 1. The van der Waals surface area contributed by atoms with Crippen molar-refractivity contribution in [1.29, 1.82) is 0 Å². The van der Waals surface area contributed by atoms with Gasteiger partial charge in [0, 0.05) is 11.8 Å². The maximum atomic E-state index is 12.5. The van der Waals surface area contributed by atoms with Gasteiger partial charge in [0.1, 0.15) is 0 Å². The first-order chi connectivity index (χ1) is 9.29. The molecule has 1 nitrogen and oxygen atoms in total. The summed E-state index contributed by atoms with van der Waals surface area (Å²) < 4.78 is 0. The predicted octanol–water partition coefficient (Wildman–Crippen LogP) is 4.27. The number of ketones is 1. The van der Waals surface area contributed by atoms with E-state index in [0.29, 0.717) is 17.6 Å². The van der Waals surface area contributed by atoms with E-state index in [-0.39, 0.29) is 5.92 Å². The largest absolute Gasteiger partial charge is 0.294 e. The van der Waals surface area contributed by atoms with Crippen molar-refractivity contribution in [3.05, 3.63) is 59.7 Å². The second-order valence-corrected chi connectivity index (χ2v) is 5.64. The summed E-state index contributed by atoms with van der Waals surface area (Å²) in [4.78, 5) is 12.5. The van der Waals surface area contributed by atoms with E-state index in [0.717, 1.165) is 24.8 Å². The fourth-order valence-electron chi connectivity index (χ4n) is 3.62. The second kappa shape index (κ2) is 5.16. The first kappa shape index (κ1) is 12.4. The van der Waals surface area contributed by atoms with Gasteiger partial charge in [0.2, 0.25) is 0 Å². The number of hydrogen-bond acceptors (Lipinski definition) is 1. The molecule has 0 spiro atoms. The Balaban J connectivity index is 2.01. The summed E-state index contributed by atoms with van der Waals surface area (Å²) in [5, 5.41) is 0. The molecule has 0 aromatic heterocycles. The number of carbonyl (C=O) groups excluding carboxylic acids is 1. The van der Waals surface area contributed by atoms with Crippen LogP contribution < -0.4 is 0 Å². The average Bonchev–Trinajstić information content (AvgIpc) is 2.63. The van der Waals surface area contributed by atoms with Crippen molar-refractivity contribution in [2.75, 3.05) is 0 Å². The van der Waals surface area contributed by atoms with E-state index in [1.54, 1.807) is 0 Å². The van der Waals surface area contributed by atoms with Gasteiger partial charge in [-0.3, -0.25) is 4.79 Å². The number of Topliss-reactive ketones (excluding diaryl/α,β-unsaturated/α-hetero) is 1. The maximum Gasteiger partial charge on any atom is 0.162 e. The molecule has 1 fully saturated rings. The van der Waals surface area contributed by atoms with Gasteiger partial charge in [-0.1, -0.05) is 55.5 Å². The molecule has 1 aromatic carbocycles. The first-order valence-corrected chi connectivity index (χ1v) is 7.23. The van der Waals surface area contributed by atoms with Crippen LogP contribution in [0.3, 0.4) is 0 Å². The second-order valence-electron chi connectivity index (χ2n) is 5.64. The molecule has 0 N–H and O–H groups in total. The highest BCUT2D eigenvalue weighted by atomic mass is 16.1. The molecule has 0 amide bonds. The molecule has 2 aliphatic rings. The molecule has 19 heavy (non-hydrogen) atoms. The molecule has 0 radical (unpaired) electrons. The van der Waals surface area contributed by atoms with Gasteiger partial charge in [-0.05, 0) is 36.3 Å². The smallest absolute Gasteiger partial charge is 0.162 e. The Labute approximate surface area is 115 Å². The van der Waals surface area contributed by atoms with E-state index >= 15 is 0 Å². The molecule has 0 saturated heterocycles. The third kappa shape index (κ3) is 2.18. The highest BCUT2D eigenvalue weighted by molar-refractivity contribution is 6.01. The number of carbonyl (C=O) groups is 1. The molecule has 3 rings (SSSR count). The van der Waals surface area contributed by atoms with E-state index in [2.05, 4.69) is 49.4 Å². The summed E-state index contributed by atoms with van der Waals surface area (Å²) in [5.74, 6) is 1.27. The van der Waals surface area contributed by atoms with Crippen LogP contribution in [-0.2, 0) is 4.79 Å². The van der Waals surface area contributed by atoms with Gasteiger partial charge in [0.15, 0.2) is 5.78 Å². The lowest BCUT2D eigenvalue weighted by Gasteiger charge is -2.23. The van der Waals surface area contributed by atoms with Crippen LogP contribution in [0.15, 0.2) is 54.1 Å². The number of rotatable bonds is 1. The molecular formula is C18H20O.